The van der Waals surface area contributed by atoms with Crippen LogP contribution < -0.4 is 0 Å². The quantitative estimate of drug-likeness (QED) is 0.495. The lowest BCUT2D eigenvalue weighted by molar-refractivity contribution is -0.116. The SMILES string of the molecule is CCC#CC#CCC(C)=O. The fraction of sp³-hybridized carbons (Fsp3) is 0.444. The molecule has 1 nitrogen and oxygen atoms in total. The van der Waals surface area contributed by atoms with Crippen LogP contribution in [0.5, 0.6) is 0 Å². The molecule has 0 atom stereocenters. The van der Waals surface area contributed by atoms with Crippen molar-refractivity contribution in [2.75, 3.05) is 0 Å². The molecule has 0 radical (unpaired) electrons. The van der Waals surface area contributed by atoms with Gasteiger partial charge in [0.1, 0.15) is 5.78 Å². The van der Waals surface area contributed by atoms with Crippen LogP contribution in [-0.2, 0) is 4.79 Å². The lowest BCUT2D eigenvalue weighted by atomic mass is 10.3. The summed E-state index contributed by atoms with van der Waals surface area (Å²) in [6.45, 7) is 3.47. The summed E-state index contributed by atoms with van der Waals surface area (Å²) < 4.78 is 0. The Labute approximate surface area is 61.8 Å². The third-order valence-electron chi connectivity index (χ3n) is 0.753. The molecule has 0 aromatic carbocycles. The Balaban J connectivity index is 3.60. The van der Waals surface area contributed by atoms with E-state index in [1.807, 2.05) is 6.92 Å². The molecule has 0 saturated heterocycles. The van der Waals surface area contributed by atoms with Gasteiger partial charge in [0, 0.05) is 6.42 Å². The first-order chi connectivity index (χ1) is 4.77. The summed E-state index contributed by atoms with van der Waals surface area (Å²) in [5, 5.41) is 0. The molecular weight excluding hydrogens is 124 g/mol. The van der Waals surface area contributed by atoms with Gasteiger partial charge in [0.05, 0.1) is 6.42 Å². The maximum atomic E-state index is 10.3. The van der Waals surface area contributed by atoms with Crippen LogP contribution in [0.1, 0.15) is 26.7 Å². The van der Waals surface area contributed by atoms with Gasteiger partial charge < -0.3 is 0 Å². The standard InChI is InChI=1S/C9H10O/c1-3-4-5-6-7-8-9(2)10/h3,8H2,1-2H3. The van der Waals surface area contributed by atoms with Gasteiger partial charge in [-0.2, -0.15) is 0 Å². The van der Waals surface area contributed by atoms with E-state index in [4.69, 9.17) is 0 Å². The maximum absolute atomic E-state index is 10.3. The number of hydrogen-bond donors (Lipinski definition) is 0. The fourth-order valence-corrected chi connectivity index (χ4v) is 0.345. The molecule has 0 aliphatic rings. The van der Waals surface area contributed by atoms with E-state index in [-0.39, 0.29) is 5.78 Å². The zero-order chi connectivity index (χ0) is 7.82. The Morgan fingerprint density at radius 1 is 1.30 bits per heavy atom. The van der Waals surface area contributed by atoms with Gasteiger partial charge in [-0.3, -0.25) is 4.79 Å². The molecule has 0 fully saturated rings. The molecule has 1 heteroatoms. The van der Waals surface area contributed by atoms with Crippen molar-refractivity contribution in [3.8, 4) is 23.7 Å². The highest BCUT2D eigenvalue weighted by Crippen LogP contribution is 1.75. The summed E-state index contributed by atoms with van der Waals surface area (Å²) in [7, 11) is 0. The van der Waals surface area contributed by atoms with Crippen LogP contribution in [-0.4, -0.2) is 5.78 Å². The minimum Gasteiger partial charge on any atom is -0.299 e. The highest BCUT2D eigenvalue weighted by molar-refractivity contribution is 5.78. The Bertz CT molecular complexity index is 217. The van der Waals surface area contributed by atoms with E-state index >= 15 is 0 Å². The van der Waals surface area contributed by atoms with E-state index in [1.165, 1.54) is 6.92 Å². The third-order valence-corrected chi connectivity index (χ3v) is 0.753. The summed E-state index contributed by atoms with van der Waals surface area (Å²) in [4.78, 5) is 10.3. The molecule has 0 heterocycles. The van der Waals surface area contributed by atoms with Crippen molar-refractivity contribution in [1.82, 2.24) is 0 Å². The first-order valence-corrected chi connectivity index (χ1v) is 3.22. The summed E-state index contributed by atoms with van der Waals surface area (Å²) in [5.74, 6) is 10.7. The summed E-state index contributed by atoms with van der Waals surface area (Å²) >= 11 is 0. The van der Waals surface area contributed by atoms with Crippen LogP contribution >= 0.6 is 0 Å². The molecule has 0 aromatic heterocycles. The minimum absolute atomic E-state index is 0.0887. The first kappa shape index (κ1) is 8.79. The average molecular weight is 134 g/mol. The monoisotopic (exact) mass is 134 g/mol. The molecule has 10 heavy (non-hydrogen) atoms. The van der Waals surface area contributed by atoms with Gasteiger partial charge >= 0.3 is 0 Å². The molecule has 52 valence electrons. The van der Waals surface area contributed by atoms with Gasteiger partial charge in [0.2, 0.25) is 0 Å². The zero-order valence-corrected chi connectivity index (χ0v) is 6.32. The van der Waals surface area contributed by atoms with Gasteiger partial charge in [-0.15, -0.1) is 0 Å². The van der Waals surface area contributed by atoms with E-state index in [1.54, 1.807) is 0 Å². The lowest BCUT2D eigenvalue weighted by Gasteiger charge is -1.74. The molecular formula is C9H10O. The predicted octanol–water partition coefficient (Wildman–Crippen LogP) is 1.38. The second kappa shape index (κ2) is 5.92. The Morgan fingerprint density at radius 3 is 2.40 bits per heavy atom. The highest BCUT2D eigenvalue weighted by Gasteiger charge is 1.82. The second-order valence-corrected chi connectivity index (χ2v) is 1.84. The number of ketones is 1. The van der Waals surface area contributed by atoms with Crippen molar-refractivity contribution in [1.29, 1.82) is 0 Å². The summed E-state index contributed by atoms with van der Waals surface area (Å²) in [6.07, 6.45) is 1.13. The van der Waals surface area contributed by atoms with Crippen LogP contribution in [0.25, 0.3) is 0 Å². The van der Waals surface area contributed by atoms with Crippen LogP contribution in [0.3, 0.4) is 0 Å². The van der Waals surface area contributed by atoms with Gasteiger partial charge in [0.15, 0.2) is 0 Å². The lowest BCUT2D eigenvalue weighted by Crippen LogP contribution is -1.83. The van der Waals surface area contributed by atoms with Crippen molar-refractivity contribution >= 4 is 5.78 Å². The third kappa shape index (κ3) is 6.79. The topological polar surface area (TPSA) is 17.1 Å². The van der Waals surface area contributed by atoms with Crippen LogP contribution in [0, 0.1) is 23.7 Å². The Morgan fingerprint density at radius 2 is 1.90 bits per heavy atom. The number of hydrogen-bond acceptors (Lipinski definition) is 1. The van der Waals surface area contributed by atoms with Gasteiger partial charge in [-0.25, -0.2) is 0 Å². The number of carbonyl (C=O) groups excluding carboxylic acids is 1. The van der Waals surface area contributed by atoms with E-state index in [0.717, 1.165) is 6.42 Å². The van der Waals surface area contributed by atoms with Crippen molar-refractivity contribution < 1.29 is 4.79 Å². The normalized spacial score (nSPS) is 6.60. The first-order valence-electron chi connectivity index (χ1n) is 3.22. The van der Waals surface area contributed by atoms with Crippen molar-refractivity contribution in [2.45, 2.75) is 26.7 Å². The minimum atomic E-state index is 0.0887. The molecule has 0 aliphatic heterocycles. The van der Waals surface area contributed by atoms with Crippen LogP contribution in [0.4, 0.5) is 0 Å². The molecule has 0 aromatic rings. The van der Waals surface area contributed by atoms with Crippen LogP contribution in [0.2, 0.25) is 0 Å². The molecule has 0 saturated carbocycles. The predicted molar refractivity (Wildman–Crippen MR) is 41.1 cm³/mol. The fourth-order valence-electron chi connectivity index (χ4n) is 0.345. The summed E-state index contributed by atoms with van der Waals surface area (Å²) in [5.41, 5.74) is 0. The zero-order valence-electron chi connectivity index (χ0n) is 6.32. The van der Waals surface area contributed by atoms with E-state index < -0.39 is 0 Å². The largest absolute Gasteiger partial charge is 0.299 e. The molecule has 0 amide bonds. The van der Waals surface area contributed by atoms with E-state index in [0.29, 0.717) is 6.42 Å². The maximum Gasteiger partial charge on any atom is 0.141 e. The van der Waals surface area contributed by atoms with Gasteiger partial charge in [0.25, 0.3) is 0 Å². The molecule has 0 N–H and O–H groups in total. The molecule has 0 bridgehead atoms. The Kier molecular flexibility index (Phi) is 5.20. The van der Waals surface area contributed by atoms with E-state index in [2.05, 4.69) is 23.7 Å². The van der Waals surface area contributed by atoms with Crippen molar-refractivity contribution in [2.24, 2.45) is 0 Å². The van der Waals surface area contributed by atoms with Crippen molar-refractivity contribution in [3.63, 3.8) is 0 Å². The molecule has 0 rings (SSSR count). The number of Topliss-reactive ketones (excluding diaryl/α,β-unsaturated/α-hetero) is 1. The van der Waals surface area contributed by atoms with Crippen LogP contribution in [0.15, 0.2) is 0 Å². The average Bonchev–Trinajstić information content (AvgIpc) is 1.87. The number of rotatable bonds is 1. The number of carbonyl (C=O) groups is 1. The summed E-state index contributed by atoms with van der Waals surface area (Å²) in [6, 6.07) is 0. The smallest absolute Gasteiger partial charge is 0.141 e. The van der Waals surface area contributed by atoms with E-state index in [9.17, 15) is 4.79 Å². The highest BCUT2D eigenvalue weighted by atomic mass is 16.1. The second-order valence-electron chi connectivity index (χ2n) is 1.84. The van der Waals surface area contributed by atoms with Gasteiger partial charge in [-0.1, -0.05) is 18.8 Å². The Hall–Kier alpha value is -1.21. The molecule has 0 aliphatic carbocycles. The van der Waals surface area contributed by atoms with Gasteiger partial charge in [-0.05, 0) is 18.8 Å². The molecule has 0 spiro atoms. The van der Waals surface area contributed by atoms with Crippen molar-refractivity contribution in [3.05, 3.63) is 0 Å². The molecule has 0 unspecified atom stereocenters.